The summed E-state index contributed by atoms with van der Waals surface area (Å²) in [5, 5.41) is 0.278. The first-order valence-electron chi connectivity index (χ1n) is 12.2. The normalized spacial score (nSPS) is 10.5. The third kappa shape index (κ3) is 6.63. The SMILES string of the molecule is CCOC(=O)c1sc(N(Cc2ccccc2)C(=O)COC(=O)c2ccccc2C(=O)c2ccccc2)nc1C. The minimum absolute atomic E-state index is 0.0588. The maximum absolute atomic E-state index is 13.4. The molecule has 0 unspecified atom stereocenters. The Hall–Kier alpha value is -4.63. The van der Waals surface area contributed by atoms with Crippen LogP contribution in [-0.4, -0.2) is 41.8 Å². The summed E-state index contributed by atoms with van der Waals surface area (Å²) in [6.45, 7) is 3.14. The van der Waals surface area contributed by atoms with Crippen LogP contribution in [0.3, 0.4) is 0 Å². The quantitative estimate of drug-likeness (QED) is 0.199. The zero-order chi connectivity index (χ0) is 27.8. The largest absolute Gasteiger partial charge is 0.462 e. The number of rotatable bonds is 10. The molecule has 1 heterocycles. The molecular weight excluding hydrogens is 516 g/mol. The fourth-order valence-corrected chi connectivity index (χ4v) is 4.78. The van der Waals surface area contributed by atoms with E-state index < -0.39 is 24.5 Å². The van der Waals surface area contributed by atoms with Crippen molar-refractivity contribution in [3.8, 4) is 0 Å². The number of hydrogen-bond donors (Lipinski definition) is 0. The number of ether oxygens (including phenoxy) is 2. The van der Waals surface area contributed by atoms with Gasteiger partial charge < -0.3 is 9.47 Å². The van der Waals surface area contributed by atoms with Crippen LogP contribution in [-0.2, 0) is 20.8 Å². The van der Waals surface area contributed by atoms with Crippen molar-refractivity contribution in [1.29, 1.82) is 0 Å². The van der Waals surface area contributed by atoms with Crippen LogP contribution in [0.25, 0.3) is 0 Å². The lowest BCUT2D eigenvalue weighted by Crippen LogP contribution is -2.34. The van der Waals surface area contributed by atoms with Crippen LogP contribution in [0.2, 0.25) is 0 Å². The summed E-state index contributed by atoms with van der Waals surface area (Å²) in [4.78, 5) is 57.8. The van der Waals surface area contributed by atoms with Crippen molar-refractivity contribution in [2.75, 3.05) is 18.1 Å². The van der Waals surface area contributed by atoms with Crippen LogP contribution >= 0.6 is 11.3 Å². The van der Waals surface area contributed by atoms with Crippen LogP contribution in [0.4, 0.5) is 5.13 Å². The lowest BCUT2D eigenvalue weighted by Gasteiger charge is -2.20. The van der Waals surface area contributed by atoms with Crippen molar-refractivity contribution < 1.29 is 28.7 Å². The molecule has 3 aromatic carbocycles. The second-order valence-electron chi connectivity index (χ2n) is 8.41. The first-order valence-corrected chi connectivity index (χ1v) is 13.1. The van der Waals surface area contributed by atoms with Gasteiger partial charge in [0.25, 0.3) is 5.91 Å². The highest BCUT2D eigenvalue weighted by Gasteiger charge is 2.26. The number of carbonyl (C=O) groups excluding carboxylic acids is 4. The molecule has 0 radical (unpaired) electrons. The zero-order valence-corrected chi connectivity index (χ0v) is 22.3. The maximum Gasteiger partial charge on any atom is 0.350 e. The second kappa shape index (κ2) is 12.7. The molecule has 0 spiro atoms. The highest BCUT2D eigenvalue weighted by molar-refractivity contribution is 7.17. The molecule has 198 valence electrons. The summed E-state index contributed by atoms with van der Waals surface area (Å²) in [5.41, 5.74) is 1.92. The van der Waals surface area contributed by atoms with E-state index in [4.69, 9.17) is 9.47 Å². The topological polar surface area (TPSA) is 103 Å². The molecule has 0 saturated carbocycles. The van der Waals surface area contributed by atoms with Crippen molar-refractivity contribution >= 4 is 40.1 Å². The Labute approximate surface area is 229 Å². The summed E-state index contributed by atoms with van der Waals surface area (Å²) in [6, 6.07) is 24.2. The van der Waals surface area contributed by atoms with Gasteiger partial charge in [0.1, 0.15) is 4.88 Å². The van der Waals surface area contributed by atoms with Gasteiger partial charge in [-0.05, 0) is 25.5 Å². The number of esters is 2. The Morgan fingerprint density at radius 2 is 1.41 bits per heavy atom. The highest BCUT2D eigenvalue weighted by Crippen LogP contribution is 2.28. The van der Waals surface area contributed by atoms with Crippen LogP contribution < -0.4 is 4.90 Å². The molecule has 4 rings (SSSR count). The number of thiazole rings is 1. The molecule has 0 aliphatic rings. The molecule has 1 aromatic heterocycles. The molecular formula is C30H26N2O6S. The average molecular weight is 543 g/mol. The Bertz CT molecular complexity index is 1480. The molecule has 4 aromatic rings. The second-order valence-corrected chi connectivity index (χ2v) is 9.39. The minimum atomic E-state index is -0.801. The number of ketones is 1. The summed E-state index contributed by atoms with van der Waals surface area (Å²) in [7, 11) is 0. The number of carbonyl (C=O) groups is 4. The first-order chi connectivity index (χ1) is 18.9. The summed E-state index contributed by atoms with van der Waals surface area (Å²) in [5.74, 6) is -2.18. The summed E-state index contributed by atoms with van der Waals surface area (Å²) < 4.78 is 10.5. The lowest BCUT2D eigenvalue weighted by molar-refractivity contribution is -0.121. The van der Waals surface area contributed by atoms with Crippen molar-refractivity contribution in [2.45, 2.75) is 20.4 Å². The Morgan fingerprint density at radius 3 is 2.08 bits per heavy atom. The molecule has 9 heteroatoms. The molecule has 0 aliphatic carbocycles. The molecule has 0 atom stereocenters. The van der Waals surface area contributed by atoms with E-state index in [0.717, 1.165) is 16.9 Å². The third-order valence-corrected chi connectivity index (χ3v) is 6.88. The van der Waals surface area contributed by atoms with Gasteiger partial charge in [-0.2, -0.15) is 0 Å². The molecule has 1 amide bonds. The van der Waals surface area contributed by atoms with E-state index in [9.17, 15) is 19.2 Å². The molecule has 0 saturated heterocycles. The van der Waals surface area contributed by atoms with Gasteiger partial charge in [-0.3, -0.25) is 14.5 Å². The number of hydrogen-bond acceptors (Lipinski definition) is 8. The predicted octanol–water partition coefficient (Wildman–Crippen LogP) is 5.25. The molecule has 39 heavy (non-hydrogen) atoms. The number of aryl methyl sites for hydroxylation is 1. The van der Waals surface area contributed by atoms with E-state index in [1.165, 1.54) is 11.0 Å². The van der Waals surface area contributed by atoms with Crippen molar-refractivity contribution in [3.63, 3.8) is 0 Å². The fraction of sp³-hybridized carbons (Fsp3) is 0.167. The maximum atomic E-state index is 13.4. The first kappa shape index (κ1) is 27.4. The van der Waals surface area contributed by atoms with E-state index in [-0.39, 0.29) is 35.2 Å². The van der Waals surface area contributed by atoms with E-state index >= 15 is 0 Å². The standard InChI is InChI=1S/C30H26N2O6S/c1-3-37-29(36)27-20(2)31-30(39-27)32(18-21-12-6-4-7-13-21)25(33)19-38-28(35)24-17-11-10-16-23(24)26(34)22-14-8-5-9-15-22/h4-17H,3,18-19H2,1-2H3. The zero-order valence-electron chi connectivity index (χ0n) is 21.5. The van der Waals surface area contributed by atoms with Gasteiger partial charge in [0.15, 0.2) is 17.5 Å². The van der Waals surface area contributed by atoms with Crippen LogP contribution in [0.15, 0.2) is 84.9 Å². The summed E-state index contributed by atoms with van der Waals surface area (Å²) >= 11 is 1.03. The smallest absolute Gasteiger partial charge is 0.350 e. The van der Waals surface area contributed by atoms with E-state index in [1.54, 1.807) is 62.4 Å². The van der Waals surface area contributed by atoms with Gasteiger partial charge >= 0.3 is 11.9 Å². The Kier molecular flexibility index (Phi) is 8.96. The van der Waals surface area contributed by atoms with E-state index in [2.05, 4.69) is 4.98 Å². The van der Waals surface area contributed by atoms with Crippen molar-refractivity contribution in [2.24, 2.45) is 0 Å². The van der Waals surface area contributed by atoms with Crippen LogP contribution in [0.1, 0.15) is 54.1 Å². The predicted molar refractivity (Wildman–Crippen MR) is 147 cm³/mol. The van der Waals surface area contributed by atoms with Gasteiger partial charge in [-0.15, -0.1) is 0 Å². The number of aromatic nitrogens is 1. The van der Waals surface area contributed by atoms with Gasteiger partial charge in [0.2, 0.25) is 0 Å². The molecule has 0 aliphatic heterocycles. The number of anilines is 1. The summed E-state index contributed by atoms with van der Waals surface area (Å²) in [6.07, 6.45) is 0. The van der Waals surface area contributed by atoms with Crippen LogP contribution in [0, 0.1) is 6.92 Å². The van der Waals surface area contributed by atoms with Gasteiger partial charge in [-0.1, -0.05) is 90.2 Å². The number of amides is 1. The number of benzene rings is 3. The molecule has 8 nitrogen and oxygen atoms in total. The Morgan fingerprint density at radius 1 is 0.795 bits per heavy atom. The lowest BCUT2D eigenvalue weighted by atomic mass is 9.98. The van der Waals surface area contributed by atoms with Gasteiger partial charge in [0.05, 0.1) is 24.4 Å². The monoisotopic (exact) mass is 542 g/mol. The van der Waals surface area contributed by atoms with Gasteiger partial charge in [-0.25, -0.2) is 14.6 Å². The van der Waals surface area contributed by atoms with E-state index in [0.29, 0.717) is 16.1 Å². The minimum Gasteiger partial charge on any atom is -0.462 e. The highest BCUT2D eigenvalue weighted by atomic mass is 32.1. The third-order valence-electron chi connectivity index (χ3n) is 5.72. The Balaban J connectivity index is 1.55. The molecule has 0 N–H and O–H groups in total. The van der Waals surface area contributed by atoms with E-state index in [1.807, 2.05) is 30.3 Å². The van der Waals surface area contributed by atoms with Crippen molar-refractivity contribution in [1.82, 2.24) is 4.98 Å². The van der Waals surface area contributed by atoms with Crippen LogP contribution in [0.5, 0.6) is 0 Å². The number of nitrogens with zero attached hydrogens (tertiary/aromatic N) is 2. The van der Waals surface area contributed by atoms with Crippen molar-refractivity contribution in [3.05, 3.63) is 118 Å². The van der Waals surface area contributed by atoms with Gasteiger partial charge in [0, 0.05) is 11.1 Å². The average Bonchev–Trinajstić information content (AvgIpc) is 3.36. The molecule has 0 bridgehead atoms. The molecule has 0 fully saturated rings. The fourth-order valence-electron chi connectivity index (χ4n) is 3.80.